The molecule has 6 nitrogen and oxygen atoms in total. The Balaban J connectivity index is 2.01. The minimum Gasteiger partial charge on any atom is -0.328 e. The normalized spacial score (nSPS) is 25.7. The Kier molecular flexibility index (Phi) is 3.00. The van der Waals surface area contributed by atoms with Crippen LogP contribution in [0.25, 0.3) is 0 Å². The summed E-state index contributed by atoms with van der Waals surface area (Å²) in [6, 6.07) is 1.70. The molecule has 0 saturated heterocycles. The monoisotopic (exact) mass is 244 g/mol. The van der Waals surface area contributed by atoms with E-state index in [2.05, 4.69) is 10.2 Å². The third-order valence-corrected chi connectivity index (χ3v) is 4.70. The zero-order valence-corrected chi connectivity index (χ0v) is 9.94. The number of sulfonamides is 1. The van der Waals surface area contributed by atoms with Gasteiger partial charge in [-0.2, -0.15) is 9.40 Å². The number of rotatable bonds is 4. The maximum absolute atomic E-state index is 12.0. The molecule has 0 atom stereocenters. The lowest BCUT2D eigenvalue weighted by molar-refractivity contribution is 0.227. The summed E-state index contributed by atoms with van der Waals surface area (Å²) >= 11 is 0. The van der Waals surface area contributed by atoms with Gasteiger partial charge in [-0.15, -0.1) is 0 Å². The molecule has 0 amide bonds. The van der Waals surface area contributed by atoms with Crippen molar-refractivity contribution < 1.29 is 8.42 Å². The molecule has 0 aromatic carbocycles. The van der Waals surface area contributed by atoms with Crippen LogP contribution in [0.15, 0.2) is 17.3 Å². The second kappa shape index (κ2) is 4.15. The minimum atomic E-state index is -3.41. The number of aromatic nitrogens is 2. The Bertz CT molecular complexity index is 436. The van der Waals surface area contributed by atoms with Crippen LogP contribution in [0.5, 0.6) is 0 Å². The number of nitrogens with two attached hydrogens (primary N) is 1. The van der Waals surface area contributed by atoms with Gasteiger partial charge < -0.3 is 5.73 Å². The van der Waals surface area contributed by atoms with Crippen molar-refractivity contribution in [1.29, 1.82) is 0 Å². The molecule has 0 bridgehead atoms. The summed E-state index contributed by atoms with van der Waals surface area (Å²) in [5.41, 5.74) is 5.66. The Hall–Kier alpha value is -0.920. The van der Waals surface area contributed by atoms with Crippen molar-refractivity contribution in [3.05, 3.63) is 12.3 Å². The molecule has 2 rings (SSSR count). The van der Waals surface area contributed by atoms with Gasteiger partial charge in [0.2, 0.25) is 0 Å². The molecule has 0 aliphatic heterocycles. The van der Waals surface area contributed by atoms with Crippen LogP contribution in [0.4, 0.5) is 0 Å². The largest absolute Gasteiger partial charge is 0.328 e. The third kappa shape index (κ3) is 2.11. The molecular formula is C9H16N4O2S. The van der Waals surface area contributed by atoms with E-state index in [0.29, 0.717) is 12.5 Å². The third-order valence-electron chi connectivity index (χ3n) is 2.95. The van der Waals surface area contributed by atoms with Gasteiger partial charge in [0.15, 0.2) is 5.03 Å². The van der Waals surface area contributed by atoms with Gasteiger partial charge in [0, 0.05) is 19.6 Å². The summed E-state index contributed by atoms with van der Waals surface area (Å²) in [6.45, 7) is 0.523. The van der Waals surface area contributed by atoms with Crippen molar-refractivity contribution in [3.63, 3.8) is 0 Å². The Morgan fingerprint density at radius 3 is 2.81 bits per heavy atom. The van der Waals surface area contributed by atoms with Crippen LogP contribution in [-0.4, -0.2) is 42.6 Å². The maximum Gasteiger partial charge on any atom is 0.259 e. The number of aromatic amines is 1. The summed E-state index contributed by atoms with van der Waals surface area (Å²) in [7, 11) is -1.83. The fraction of sp³-hybridized carbons (Fsp3) is 0.667. The second-order valence-electron chi connectivity index (χ2n) is 4.30. The van der Waals surface area contributed by atoms with E-state index in [1.165, 1.54) is 16.6 Å². The fourth-order valence-electron chi connectivity index (χ4n) is 1.95. The van der Waals surface area contributed by atoms with Crippen molar-refractivity contribution >= 4 is 10.0 Å². The second-order valence-corrected chi connectivity index (χ2v) is 6.32. The Labute approximate surface area is 94.9 Å². The number of hydrogen-bond acceptors (Lipinski definition) is 4. The topological polar surface area (TPSA) is 92.1 Å². The van der Waals surface area contributed by atoms with Gasteiger partial charge in [-0.1, -0.05) is 0 Å². The molecule has 1 aromatic heterocycles. The predicted octanol–water partition coefficient (Wildman–Crippen LogP) is -0.233. The fourth-order valence-corrected chi connectivity index (χ4v) is 3.10. The smallest absolute Gasteiger partial charge is 0.259 e. The van der Waals surface area contributed by atoms with Crippen molar-refractivity contribution in [1.82, 2.24) is 14.5 Å². The molecule has 0 spiro atoms. The van der Waals surface area contributed by atoms with Gasteiger partial charge in [-0.25, -0.2) is 8.42 Å². The first-order valence-corrected chi connectivity index (χ1v) is 6.65. The summed E-state index contributed by atoms with van der Waals surface area (Å²) in [4.78, 5) is 0. The highest BCUT2D eigenvalue weighted by Crippen LogP contribution is 2.27. The zero-order chi connectivity index (χ0) is 11.8. The molecule has 1 aliphatic rings. The van der Waals surface area contributed by atoms with Crippen LogP contribution >= 0.6 is 0 Å². The van der Waals surface area contributed by atoms with E-state index in [1.807, 2.05) is 0 Å². The molecule has 1 saturated carbocycles. The van der Waals surface area contributed by atoms with E-state index in [9.17, 15) is 8.42 Å². The quantitative estimate of drug-likeness (QED) is 0.765. The number of nitrogens with one attached hydrogen (secondary N) is 1. The summed E-state index contributed by atoms with van der Waals surface area (Å²) in [6.07, 6.45) is 3.24. The lowest BCUT2D eigenvalue weighted by atomic mass is 9.81. The molecule has 0 radical (unpaired) electrons. The van der Waals surface area contributed by atoms with Gasteiger partial charge in [0.25, 0.3) is 10.0 Å². The van der Waals surface area contributed by atoms with Crippen LogP contribution in [0.1, 0.15) is 12.8 Å². The van der Waals surface area contributed by atoms with E-state index in [-0.39, 0.29) is 11.1 Å². The molecule has 3 N–H and O–H groups in total. The van der Waals surface area contributed by atoms with Crippen molar-refractivity contribution in [2.75, 3.05) is 13.6 Å². The van der Waals surface area contributed by atoms with Gasteiger partial charge in [-0.05, 0) is 24.8 Å². The van der Waals surface area contributed by atoms with Crippen LogP contribution in [0.3, 0.4) is 0 Å². The number of nitrogens with zero attached hydrogens (tertiary/aromatic N) is 2. The SMILES string of the molecule is CN(CC1CC(N)C1)S(=O)(=O)c1ccn[nH]1. The average Bonchev–Trinajstić information content (AvgIpc) is 2.68. The van der Waals surface area contributed by atoms with Gasteiger partial charge in [-0.3, -0.25) is 5.10 Å². The van der Waals surface area contributed by atoms with E-state index in [1.54, 1.807) is 7.05 Å². The van der Waals surface area contributed by atoms with E-state index < -0.39 is 10.0 Å². The first kappa shape index (κ1) is 11.6. The van der Waals surface area contributed by atoms with Gasteiger partial charge >= 0.3 is 0 Å². The summed E-state index contributed by atoms with van der Waals surface area (Å²) < 4.78 is 25.3. The number of H-pyrrole nitrogens is 1. The van der Waals surface area contributed by atoms with Gasteiger partial charge in [0.05, 0.1) is 6.20 Å². The Morgan fingerprint density at radius 2 is 2.31 bits per heavy atom. The highest BCUT2D eigenvalue weighted by atomic mass is 32.2. The van der Waals surface area contributed by atoms with Crippen molar-refractivity contribution in [2.45, 2.75) is 23.9 Å². The van der Waals surface area contributed by atoms with Gasteiger partial charge in [0.1, 0.15) is 0 Å². The molecule has 16 heavy (non-hydrogen) atoms. The lowest BCUT2D eigenvalue weighted by Gasteiger charge is -2.34. The predicted molar refractivity (Wildman–Crippen MR) is 59.1 cm³/mol. The van der Waals surface area contributed by atoms with Crippen LogP contribution < -0.4 is 5.73 Å². The van der Waals surface area contributed by atoms with E-state index in [0.717, 1.165) is 12.8 Å². The molecule has 7 heteroatoms. The number of hydrogen-bond donors (Lipinski definition) is 2. The summed E-state index contributed by atoms with van der Waals surface area (Å²) in [5.74, 6) is 0.387. The van der Waals surface area contributed by atoms with Crippen molar-refractivity contribution in [3.8, 4) is 0 Å². The minimum absolute atomic E-state index is 0.138. The molecule has 1 aliphatic carbocycles. The molecular weight excluding hydrogens is 228 g/mol. The molecule has 90 valence electrons. The van der Waals surface area contributed by atoms with E-state index >= 15 is 0 Å². The lowest BCUT2D eigenvalue weighted by Crippen LogP contribution is -2.43. The summed E-state index contributed by atoms with van der Waals surface area (Å²) in [5, 5.41) is 6.26. The van der Waals surface area contributed by atoms with E-state index in [4.69, 9.17) is 5.73 Å². The average molecular weight is 244 g/mol. The van der Waals surface area contributed by atoms with Crippen LogP contribution in [-0.2, 0) is 10.0 Å². The first-order valence-electron chi connectivity index (χ1n) is 5.21. The molecule has 1 aromatic rings. The molecule has 1 fully saturated rings. The highest BCUT2D eigenvalue weighted by molar-refractivity contribution is 7.89. The highest BCUT2D eigenvalue weighted by Gasteiger charge is 2.31. The molecule has 0 unspecified atom stereocenters. The van der Waals surface area contributed by atoms with Crippen LogP contribution in [0, 0.1) is 5.92 Å². The van der Waals surface area contributed by atoms with Crippen LogP contribution in [0.2, 0.25) is 0 Å². The van der Waals surface area contributed by atoms with Crippen molar-refractivity contribution in [2.24, 2.45) is 11.7 Å². The first-order chi connectivity index (χ1) is 7.50. The standard InChI is InChI=1S/C9H16N4O2S/c1-13(6-7-4-8(10)5-7)16(14,15)9-2-3-11-12-9/h2-3,7-8H,4-6,10H2,1H3,(H,11,12). The molecule has 1 heterocycles. The Morgan fingerprint density at radius 1 is 1.62 bits per heavy atom. The zero-order valence-electron chi connectivity index (χ0n) is 9.13. The maximum atomic E-state index is 12.0.